The highest BCUT2D eigenvalue weighted by molar-refractivity contribution is 7.98. The molecule has 0 saturated heterocycles. The van der Waals surface area contributed by atoms with E-state index in [1.165, 1.54) is 4.52 Å². The molecule has 8 nitrogen and oxygen atoms in total. The Morgan fingerprint density at radius 2 is 1.80 bits per heavy atom. The third-order valence-electron chi connectivity index (χ3n) is 5.14. The van der Waals surface area contributed by atoms with E-state index in [0.29, 0.717) is 41.1 Å². The number of benzene rings is 2. The zero-order valence-electron chi connectivity index (χ0n) is 20.3. The summed E-state index contributed by atoms with van der Waals surface area (Å²) in [5.41, 5.74) is 3.42. The van der Waals surface area contributed by atoms with Gasteiger partial charge in [0, 0.05) is 28.9 Å². The van der Waals surface area contributed by atoms with Crippen LogP contribution in [-0.2, 0) is 17.1 Å². The first-order valence-electron chi connectivity index (χ1n) is 11.4. The van der Waals surface area contributed by atoms with Gasteiger partial charge in [-0.05, 0) is 67.3 Å². The standard InChI is InChI=1S/C26H29N5O3S/c1-17(2)13-30-16-27-26-29-21(12-25(33)31(26)30)15-35-23-7-5-20(6-8-23)28-24(32)14-34-22-10-18(3)9-19(4)11-22/h5-12,16-17H,13-15H2,1-4H3,(H,28,32). The van der Waals surface area contributed by atoms with Crippen LogP contribution in [0.4, 0.5) is 5.69 Å². The zero-order valence-corrected chi connectivity index (χ0v) is 21.1. The monoisotopic (exact) mass is 491 g/mol. The van der Waals surface area contributed by atoms with Gasteiger partial charge in [0.15, 0.2) is 6.61 Å². The molecule has 0 saturated carbocycles. The number of thioether (sulfide) groups is 1. The fourth-order valence-corrected chi connectivity index (χ4v) is 4.53. The minimum absolute atomic E-state index is 0.0595. The molecule has 9 heteroatoms. The quantitative estimate of drug-likeness (QED) is 0.347. The topological polar surface area (TPSA) is 90.5 Å². The number of aryl methyl sites for hydroxylation is 2. The summed E-state index contributed by atoms with van der Waals surface area (Å²) >= 11 is 1.56. The van der Waals surface area contributed by atoms with E-state index in [0.717, 1.165) is 16.0 Å². The van der Waals surface area contributed by atoms with Crippen molar-refractivity contribution >= 4 is 29.1 Å². The Morgan fingerprint density at radius 3 is 2.49 bits per heavy atom. The van der Waals surface area contributed by atoms with Gasteiger partial charge in [0.25, 0.3) is 17.2 Å². The summed E-state index contributed by atoms with van der Waals surface area (Å²) in [7, 11) is 0. The van der Waals surface area contributed by atoms with Gasteiger partial charge in [0.2, 0.25) is 0 Å². The van der Waals surface area contributed by atoms with Gasteiger partial charge in [0.1, 0.15) is 12.1 Å². The molecule has 2 heterocycles. The Morgan fingerprint density at radius 1 is 1.09 bits per heavy atom. The normalized spacial score (nSPS) is 11.2. The van der Waals surface area contributed by atoms with Crippen molar-refractivity contribution in [1.29, 1.82) is 0 Å². The smallest absolute Gasteiger partial charge is 0.274 e. The lowest BCUT2D eigenvalue weighted by Crippen LogP contribution is -2.22. The first kappa shape index (κ1) is 24.5. The highest BCUT2D eigenvalue weighted by atomic mass is 32.2. The number of carbonyl (C=O) groups is 1. The van der Waals surface area contributed by atoms with E-state index in [1.54, 1.807) is 28.8 Å². The molecule has 0 aliphatic heterocycles. The van der Waals surface area contributed by atoms with Crippen LogP contribution in [0.1, 0.15) is 30.7 Å². The molecule has 0 spiro atoms. The molecule has 0 radical (unpaired) electrons. The Bertz CT molecular complexity index is 1370. The second-order valence-corrected chi connectivity index (χ2v) is 9.98. The van der Waals surface area contributed by atoms with Crippen molar-refractivity contribution in [2.24, 2.45) is 5.92 Å². The van der Waals surface area contributed by atoms with Crippen LogP contribution in [0.5, 0.6) is 5.75 Å². The fourth-order valence-electron chi connectivity index (χ4n) is 3.74. The van der Waals surface area contributed by atoms with Gasteiger partial charge in [0.05, 0.1) is 5.69 Å². The number of amides is 1. The fraction of sp³-hybridized carbons (Fsp3) is 0.308. The summed E-state index contributed by atoms with van der Waals surface area (Å²) in [6.07, 6.45) is 1.65. The Hall–Kier alpha value is -3.59. The van der Waals surface area contributed by atoms with Crippen LogP contribution in [0.25, 0.3) is 5.78 Å². The summed E-state index contributed by atoms with van der Waals surface area (Å²) in [4.78, 5) is 34.7. The van der Waals surface area contributed by atoms with Crippen LogP contribution < -0.4 is 15.6 Å². The van der Waals surface area contributed by atoms with E-state index in [2.05, 4.69) is 35.2 Å². The number of fused-ring (bicyclic) bond motifs is 1. The number of carbonyl (C=O) groups excluding carboxylic acids is 1. The molecule has 0 unspecified atom stereocenters. The van der Waals surface area contributed by atoms with E-state index in [-0.39, 0.29) is 18.1 Å². The van der Waals surface area contributed by atoms with Gasteiger partial charge >= 0.3 is 0 Å². The van der Waals surface area contributed by atoms with Crippen LogP contribution in [0, 0.1) is 19.8 Å². The van der Waals surface area contributed by atoms with Gasteiger partial charge in [-0.15, -0.1) is 11.8 Å². The van der Waals surface area contributed by atoms with Crippen LogP contribution in [0.15, 0.2) is 64.5 Å². The van der Waals surface area contributed by atoms with Crippen molar-refractivity contribution in [3.63, 3.8) is 0 Å². The molecule has 0 aliphatic rings. The van der Waals surface area contributed by atoms with E-state index in [4.69, 9.17) is 4.74 Å². The van der Waals surface area contributed by atoms with Crippen molar-refractivity contribution < 1.29 is 9.53 Å². The van der Waals surface area contributed by atoms with Crippen LogP contribution in [-0.4, -0.2) is 31.7 Å². The summed E-state index contributed by atoms with van der Waals surface area (Å²) in [6.45, 7) is 8.81. The highest BCUT2D eigenvalue weighted by Gasteiger charge is 2.10. The Balaban J connectivity index is 1.31. The number of ether oxygens (including phenoxy) is 1. The molecule has 2 aromatic carbocycles. The number of aromatic nitrogens is 4. The van der Waals surface area contributed by atoms with Gasteiger partial charge in [-0.1, -0.05) is 19.9 Å². The van der Waals surface area contributed by atoms with E-state index < -0.39 is 0 Å². The average molecular weight is 492 g/mol. The van der Waals surface area contributed by atoms with Crippen molar-refractivity contribution in [3.05, 3.63) is 82.0 Å². The minimum atomic E-state index is -0.223. The molecule has 1 N–H and O–H groups in total. The first-order chi connectivity index (χ1) is 16.8. The molecule has 35 heavy (non-hydrogen) atoms. The number of hydrogen-bond donors (Lipinski definition) is 1. The number of nitrogens with zero attached hydrogens (tertiary/aromatic N) is 4. The molecular weight excluding hydrogens is 462 g/mol. The second kappa shape index (κ2) is 10.8. The summed E-state index contributed by atoms with van der Waals surface area (Å²) < 4.78 is 8.92. The molecule has 0 atom stereocenters. The predicted octanol–water partition coefficient (Wildman–Crippen LogP) is 4.47. The molecule has 4 aromatic rings. The summed E-state index contributed by atoms with van der Waals surface area (Å²) in [6, 6.07) is 15.0. The predicted molar refractivity (Wildman–Crippen MR) is 138 cm³/mol. The molecule has 1 amide bonds. The maximum absolute atomic E-state index is 12.6. The Labute approximate surface area is 208 Å². The molecule has 0 aliphatic carbocycles. The van der Waals surface area contributed by atoms with Gasteiger partial charge in [-0.25, -0.2) is 4.98 Å². The third-order valence-corrected chi connectivity index (χ3v) is 6.18. The molecule has 182 valence electrons. The number of hydrogen-bond acceptors (Lipinski definition) is 6. The van der Waals surface area contributed by atoms with E-state index in [9.17, 15) is 9.59 Å². The molecule has 0 bridgehead atoms. The van der Waals surface area contributed by atoms with Crippen molar-refractivity contribution in [3.8, 4) is 5.75 Å². The Kier molecular flexibility index (Phi) is 7.55. The lowest BCUT2D eigenvalue weighted by molar-refractivity contribution is -0.118. The summed E-state index contributed by atoms with van der Waals surface area (Å²) in [5.74, 6) is 1.81. The third kappa shape index (κ3) is 6.51. The molecular formula is C26H29N5O3S. The maximum atomic E-state index is 12.6. The first-order valence-corrected chi connectivity index (χ1v) is 12.4. The van der Waals surface area contributed by atoms with Crippen LogP contribution in [0.3, 0.4) is 0 Å². The molecule has 0 fully saturated rings. The number of rotatable bonds is 9. The lowest BCUT2D eigenvalue weighted by Gasteiger charge is -2.10. The van der Waals surface area contributed by atoms with Crippen molar-refractivity contribution in [1.82, 2.24) is 19.2 Å². The number of anilines is 1. The van der Waals surface area contributed by atoms with Crippen molar-refractivity contribution in [2.75, 3.05) is 11.9 Å². The van der Waals surface area contributed by atoms with Gasteiger partial charge in [-0.2, -0.15) is 9.50 Å². The van der Waals surface area contributed by atoms with Gasteiger partial charge < -0.3 is 10.1 Å². The highest BCUT2D eigenvalue weighted by Crippen LogP contribution is 2.23. The average Bonchev–Trinajstić information content (AvgIpc) is 3.19. The summed E-state index contributed by atoms with van der Waals surface area (Å²) in [5, 5.41) is 2.85. The van der Waals surface area contributed by atoms with Crippen molar-refractivity contribution in [2.45, 2.75) is 44.9 Å². The lowest BCUT2D eigenvalue weighted by atomic mass is 10.1. The SMILES string of the molecule is Cc1cc(C)cc(OCC(=O)Nc2ccc(SCc3cc(=O)n4c(ncn4CC(C)C)n3)cc2)c1. The number of nitrogens with one attached hydrogen (secondary N) is 1. The molecule has 2 aromatic heterocycles. The second-order valence-electron chi connectivity index (χ2n) is 8.93. The maximum Gasteiger partial charge on any atom is 0.274 e. The zero-order chi connectivity index (χ0) is 24.9. The van der Waals surface area contributed by atoms with Crippen LogP contribution >= 0.6 is 11.8 Å². The van der Waals surface area contributed by atoms with E-state index in [1.807, 2.05) is 50.2 Å². The minimum Gasteiger partial charge on any atom is -0.484 e. The largest absolute Gasteiger partial charge is 0.484 e. The van der Waals surface area contributed by atoms with Crippen LogP contribution in [0.2, 0.25) is 0 Å². The molecule has 4 rings (SSSR count). The van der Waals surface area contributed by atoms with E-state index >= 15 is 0 Å². The van der Waals surface area contributed by atoms with Gasteiger partial charge in [-0.3, -0.25) is 14.3 Å².